The number of hydrogen-bond acceptors (Lipinski definition) is 16. The molecule has 5 rings (SSSR count). The van der Waals surface area contributed by atoms with Crippen molar-refractivity contribution in [3.63, 3.8) is 0 Å². The number of benzene rings is 3. The van der Waals surface area contributed by atoms with Crippen molar-refractivity contribution in [1.82, 2.24) is 46.9 Å². The van der Waals surface area contributed by atoms with E-state index in [1.165, 1.54) is 34.4 Å². The van der Waals surface area contributed by atoms with E-state index < -0.39 is 77.2 Å². The fourth-order valence-electron chi connectivity index (χ4n) is 8.25. The number of nitrogens with one attached hydrogen (secondary N) is 6. The highest BCUT2D eigenvalue weighted by Crippen LogP contribution is 2.40. The average Bonchev–Trinajstić information content (AvgIpc) is 3.42. The molecule has 0 saturated heterocycles. The number of ether oxygens (including phenoxy) is 5. The van der Waals surface area contributed by atoms with E-state index in [0.717, 1.165) is 16.0 Å². The van der Waals surface area contributed by atoms with Crippen molar-refractivity contribution in [2.75, 3.05) is 54.1 Å². The largest absolute Gasteiger partial charge is 0.491 e. The van der Waals surface area contributed by atoms with Crippen LogP contribution in [0.5, 0.6) is 11.5 Å². The van der Waals surface area contributed by atoms with Crippen LogP contribution in [0.4, 0.5) is 9.59 Å². The molecule has 0 spiro atoms. The molecule has 4 atom stereocenters. The molecule has 1 aliphatic rings. The number of methoxy groups -OCH3 is 1. The van der Waals surface area contributed by atoms with E-state index in [4.69, 9.17) is 28.5 Å². The van der Waals surface area contributed by atoms with E-state index in [0.29, 0.717) is 28.2 Å². The standard InChI is InChI=1S/C57H77N9O13/c1-33-41(32-60-47(62-33)36-16-19-38(20-17-36)55(3,4)5)49(68)64-42(23-24-61-75-14)51(70)66(12)46-37-18-22-45(77-28-26-59-54(73)79-57(9,10)11)40(31-37)39-29-35(15-21-44(39)76-27-25-58-53(72)78-56(6,7)8)30-43(52(71)74-13)65-48(67)34(2)63-50(46)69/h15-22,29,31-32,34,42-43,46,61H,23-28,30H2,1-14H3,(H,58,72)(H,59,73)(H,63,69)(H,64,68)(H,65,67)/t34-,42-,43-,46-/m0/s1. The maximum Gasteiger partial charge on any atom is 0.407 e. The SMILES string of the molecule is CONCC[C@H](NC(=O)c1cnc(-c2ccc(C(C)(C)C)cc2)nc1C)C(=O)N(C)[C@@H]1C(=O)N[C@@H](C)C(=O)N[C@H](C(=O)OC)Cc2ccc(OCCNC(=O)OC(C)(C)C)c(c2)-c2cc1ccc2OCCNC(=O)OC(C)(C)C. The van der Waals surface area contributed by atoms with E-state index in [9.17, 15) is 28.8 Å². The summed E-state index contributed by atoms with van der Waals surface area (Å²) in [6, 6.07) is 12.5. The van der Waals surface area contributed by atoms with Gasteiger partial charge in [-0.15, -0.1) is 0 Å². The smallest absolute Gasteiger partial charge is 0.407 e. The van der Waals surface area contributed by atoms with Crippen molar-refractivity contribution in [2.24, 2.45) is 0 Å². The second kappa shape index (κ2) is 27.2. The first kappa shape index (κ1) is 62.0. The minimum absolute atomic E-state index is 0.0167. The van der Waals surface area contributed by atoms with E-state index >= 15 is 4.79 Å². The summed E-state index contributed by atoms with van der Waals surface area (Å²) in [6.45, 7) is 19.9. The highest BCUT2D eigenvalue weighted by Gasteiger charge is 2.37. The van der Waals surface area contributed by atoms with Crippen LogP contribution in [-0.2, 0) is 50.1 Å². The van der Waals surface area contributed by atoms with Crippen molar-refractivity contribution >= 4 is 41.8 Å². The highest BCUT2D eigenvalue weighted by molar-refractivity contribution is 6.00. The van der Waals surface area contributed by atoms with Gasteiger partial charge in [0.05, 0.1) is 38.6 Å². The van der Waals surface area contributed by atoms with Gasteiger partial charge in [0.25, 0.3) is 5.91 Å². The zero-order valence-corrected chi connectivity index (χ0v) is 47.8. The third kappa shape index (κ3) is 18.1. The van der Waals surface area contributed by atoms with Gasteiger partial charge in [0.1, 0.15) is 60.1 Å². The van der Waals surface area contributed by atoms with Crippen molar-refractivity contribution < 1.29 is 62.1 Å². The molecule has 0 radical (unpaired) electrons. The number of esters is 1. The van der Waals surface area contributed by atoms with Crippen LogP contribution in [0.25, 0.3) is 22.5 Å². The number of fused-ring (bicyclic) bond motifs is 5. The molecule has 4 bridgehead atoms. The Morgan fingerprint density at radius 1 is 0.759 bits per heavy atom. The number of carbonyl (C=O) groups excluding carboxylic acids is 7. The first-order valence-electron chi connectivity index (χ1n) is 26.0. The topological polar surface area (TPSA) is 276 Å². The Morgan fingerprint density at radius 2 is 1.34 bits per heavy atom. The predicted molar refractivity (Wildman–Crippen MR) is 294 cm³/mol. The molecular weight excluding hydrogens is 1020 g/mol. The minimum atomic E-state index is -1.50. The minimum Gasteiger partial charge on any atom is -0.491 e. The molecule has 2 heterocycles. The molecule has 1 aromatic heterocycles. The molecule has 0 aliphatic carbocycles. The summed E-state index contributed by atoms with van der Waals surface area (Å²) in [5.74, 6) is -2.73. The van der Waals surface area contributed by atoms with Crippen molar-refractivity contribution in [3.8, 4) is 34.0 Å². The van der Waals surface area contributed by atoms with Gasteiger partial charge >= 0.3 is 18.2 Å². The maximum absolute atomic E-state index is 15.1. The van der Waals surface area contributed by atoms with Gasteiger partial charge in [0.2, 0.25) is 17.7 Å². The fourth-order valence-corrected chi connectivity index (χ4v) is 8.25. The average molecular weight is 1100 g/mol. The third-order valence-electron chi connectivity index (χ3n) is 12.2. The normalized spacial score (nSPS) is 16.2. The lowest BCUT2D eigenvalue weighted by Crippen LogP contribution is -2.55. The highest BCUT2D eigenvalue weighted by atomic mass is 16.6. The second-order valence-corrected chi connectivity index (χ2v) is 21.9. The Morgan fingerprint density at radius 3 is 1.89 bits per heavy atom. The molecule has 79 heavy (non-hydrogen) atoms. The molecule has 6 amide bonds. The maximum atomic E-state index is 15.1. The summed E-state index contributed by atoms with van der Waals surface area (Å²) in [6.07, 6.45) is 0.00158. The summed E-state index contributed by atoms with van der Waals surface area (Å²) in [4.78, 5) is 112. The molecule has 0 fully saturated rings. The van der Waals surface area contributed by atoms with Gasteiger partial charge in [-0.1, -0.05) is 57.2 Å². The van der Waals surface area contributed by atoms with Gasteiger partial charge in [-0.3, -0.25) is 19.2 Å². The van der Waals surface area contributed by atoms with Crippen LogP contribution in [0.2, 0.25) is 0 Å². The van der Waals surface area contributed by atoms with Gasteiger partial charge in [-0.2, -0.15) is 0 Å². The molecule has 22 heteroatoms. The van der Waals surface area contributed by atoms with Crippen LogP contribution in [0, 0.1) is 6.92 Å². The molecule has 0 unspecified atom stereocenters. The van der Waals surface area contributed by atoms with E-state index in [1.807, 2.05) is 24.3 Å². The van der Waals surface area contributed by atoms with Gasteiger partial charge in [0.15, 0.2) is 5.82 Å². The summed E-state index contributed by atoms with van der Waals surface area (Å²) in [5.41, 5.74) is 4.98. The lowest BCUT2D eigenvalue weighted by atomic mass is 9.87. The zero-order valence-electron chi connectivity index (χ0n) is 47.8. The third-order valence-corrected chi connectivity index (χ3v) is 12.2. The molecule has 428 valence electrons. The quantitative estimate of drug-likeness (QED) is 0.0298. The Bertz CT molecular complexity index is 2820. The van der Waals surface area contributed by atoms with Gasteiger partial charge < -0.3 is 60.0 Å². The van der Waals surface area contributed by atoms with E-state index in [2.05, 4.69) is 62.8 Å². The zero-order chi connectivity index (χ0) is 58.4. The van der Waals surface area contributed by atoms with E-state index in [1.54, 1.807) is 84.9 Å². The Labute approximate surface area is 462 Å². The second-order valence-electron chi connectivity index (χ2n) is 21.9. The van der Waals surface area contributed by atoms with Crippen LogP contribution >= 0.6 is 0 Å². The van der Waals surface area contributed by atoms with Crippen molar-refractivity contribution in [3.05, 3.63) is 94.8 Å². The number of aromatic nitrogens is 2. The van der Waals surface area contributed by atoms with Crippen LogP contribution in [0.15, 0.2) is 66.9 Å². The molecule has 3 aromatic carbocycles. The molecule has 6 N–H and O–H groups in total. The number of nitrogens with zero attached hydrogens (tertiary/aromatic N) is 3. The lowest BCUT2D eigenvalue weighted by Gasteiger charge is -2.32. The summed E-state index contributed by atoms with van der Waals surface area (Å²) in [7, 11) is 3.98. The number of hydroxylamine groups is 1. The van der Waals surface area contributed by atoms with Crippen LogP contribution < -0.4 is 41.5 Å². The summed E-state index contributed by atoms with van der Waals surface area (Å²) >= 11 is 0. The Balaban J connectivity index is 1.60. The van der Waals surface area contributed by atoms with Crippen molar-refractivity contribution in [1.29, 1.82) is 0 Å². The Kier molecular flexibility index (Phi) is 21.3. The lowest BCUT2D eigenvalue weighted by molar-refractivity contribution is -0.145. The van der Waals surface area contributed by atoms with E-state index in [-0.39, 0.29) is 73.7 Å². The Hall–Kier alpha value is -7.85. The number of alkyl carbamates (subject to hydrolysis) is 2. The number of hydrogen-bond donors (Lipinski definition) is 6. The molecule has 4 aromatic rings. The molecule has 1 aliphatic heterocycles. The number of likely N-dealkylation sites (N-methyl/N-ethyl adjacent to an activating group) is 1. The predicted octanol–water partition coefficient (Wildman–Crippen LogP) is 5.78. The summed E-state index contributed by atoms with van der Waals surface area (Å²) in [5, 5.41) is 13.6. The van der Waals surface area contributed by atoms with Crippen LogP contribution in [0.1, 0.15) is 114 Å². The summed E-state index contributed by atoms with van der Waals surface area (Å²) < 4.78 is 28.5. The number of aryl methyl sites for hydroxylation is 1. The molecule has 22 nitrogen and oxygen atoms in total. The van der Waals surface area contributed by atoms with Crippen molar-refractivity contribution in [2.45, 2.75) is 130 Å². The monoisotopic (exact) mass is 1100 g/mol. The fraction of sp³-hybridized carbons (Fsp3) is 0.491. The number of amides is 6. The first-order chi connectivity index (χ1) is 37.1. The molecular formula is C57H77N9O13. The van der Waals surface area contributed by atoms with Crippen LogP contribution in [0.3, 0.4) is 0 Å². The van der Waals surface area contributed by atoms with Gasteiger partial charge in [0, 0.05) is 42.9 Å². The molecule has 0 saturated carbocycles. The van der Waals surface area contributed by atoms with Gasteiger partial charge in [-0.05, 0) is 108 Å². The number of carbonyl (C=O) groups is 7. The van der Waals surface area contributed by atoms with Crippen LogP contribution in [-0.4, -0.2) is 140 Å². The number of rotatable bonds is 18. The first-order valence-corrected chi connectivity index (χ1v) is 26.0. The van der Waals surface area contributed by atoms with Gasteiger partial charge in [-0.25, -0.2) is 29.8 Å².